The fourth-order valence-electron chi connectivity index (χ4n) is 10.8. The van der Waals surface area contributed by atoms with Gasteiger partial charge in [-0.3, -0.25) is 14.2 Å². The number of carbonyl (C=O) groups excluding carboxylic acids is 1. The molecule has 7 aromatic rings. The first kappa shape index (κ1) is 54.0. The van der Waals surface area contributed by atoms with Gasteiger partial charge in [0, 0.05) is 60.2 Å². The lowest BCUT2D eigenvalue weighted by Crippen LogP contribution is -2.63. The highest BCUT2D eigenvalue weighted by molar-refractivity contribution is 6.35. The van der Waals surface area contributed by atoms with Crippen molar-refractivity contribution in [3.8, 4) is 51.0 Å². The zero-order valence-electron chi connectivity index (χ0n) is 43.9. The molecule has 0 aliphatic carbocycles. The fraction of sp³-hybridized carbons (Fsp3) is 0.351. The molecule has 4 aliphatic rings. The highest BCUT2D eigenvalue weighted by atomic mass is 35.5. The van der Waals surface area contributed by atoms with Crippen LogP contribution in [0.5, 0.6) is 28.7 Å². The molecule has 0 bridgehead atoms. The average molecular weight is 1120 g/mol. The van der Waals surface area contributed by atoms with Crippen LogP contribution in [0.15, 0.2) is 82.4 Å². The molecule has 0 spiro atoms. The third-order valence-electron chi connectivity index (χ3n) is 14.4. The van der Waals surface area contributed by atoms with Gasteiger partial charge in [-0.2, -0.15) is 0 Å². The number of methoxy groups -OCH3 is 3. The molecule has 5 aromatic carbocycles. The number of benzene rings is 5. The minimum Gasteiger partial charge on any atom is -0.497 e. The Bertz CT molecular complexity index is 3650. The van der Waals surface area contributed by atoms with Crippen molar-refractivity contribution < 1.29 is 50.8 Å². The number of ether oxygens (including phenoxy) is 6. The van der Waals surface area contributed by atoms with E-state index in [0.717, 1.165) is 0 Å². The van der Waals surface area contributed by atoms with E-state index in [9.17, 15) is 18.8 Å². The van der Waals surface area contributed by atoms with Crippen LogP contribution in [0.1, 0.15) is 40.2 Å². The molecular formula is C57H56Cl2F4N6O9. The monoisotopic (exact) mass is 1110 g/mol. The first-order chi connectivity index (χ1) is 37.2. The molecule has 410 valence electrons. The van der Waals surface area contributed by atoms with Crippen LogP contribution in [0.4, 0.5) is 33.7 Å². The number of piperazine rings is 2. The van der Waals surface area contributed by atoms with Crippen molar-refractivity contribution in [1.82, 2.24) is 19.8 Å². The Morgan fingerprint density at radius 3 is 1.91 bits per heavy atom. The summed E-state index contributed by atoms with van der Waals surface area (Å²) in [5.41, 5.74) is -0.973. The summed E-state index contributed by atoms with van der Waals surface area (Å²) in [5.74, 6) is -2.08. The molecule has 6 heterocycles. The van der Waals surface area contributed by atoms with Crippen molar-refractivity contribution in [2.24, 2.45) is 0 Å². The molecule has 0 radical (unpaired) electrons. The van der Waals surface area contributed by atoms with Gasteiger partial charge in [-0.05, 0) is 88.7 Å². The van der Waals surface area contributed by atoms with E-state index in [1.165, 1.54) is 55.2 Å². The van der Waals surface area contributed by atoms with Gasteiger partial charge < -0.3 is 53.4 Å². The second kappa shape index (κ2) is 21.1. The predicted molar refractivity (Wildman–Crippen MR) is 292 cm³/mol. The number of aromatic nitrogens is 2. The van der Waals surface area contributed by atoms with Crippen molar-refractivity contribution in [1.29, 1.82) is 0 Å². The van der Waals surface area contributed by atoms with E-state index < -0.39 is 46.1 Å². The van der Waals surface area contributed by atoms with Gasteiger partial charge in [-0.15, -0.1) is 0 Å². The number of nitrogens with one attached hydrogen (secondary N) is 2. The third kappa shape index (κ3) is 9.63. The minimum absolute atomic E-state index is 0.00174. The van der Waals surface area contributed by atoms with Crippen LogP contribution in [0.3, 0.4) is 0 Å². The summed E-state index contributed by atoms with van der Waals surface area (Å²) in [6.07, 6.45) is -0.451. The zero-order valence-corrected chi connectivity index (χ0v) is 45.4. The summed E-state index contributed by atoms with van der Waals surface area (Å²) in [6.45, 7) is 11.7. The SMILES string of the molecule is COc1ccc(Cn2c(=O)c3c(c4cc(Cl)c(-c5c(F)cccc5OC)c(F)c42)N2C[C@@H](C)N(C(=O)OC(C)(C)C)C[C@@H]2CO3)cc1.COc1cccc(F)c1-c1c(Cl)cc2c3c(c(=O)[nH]c2c1F)OC[C@H]1CN[C@H](C)CN31. The number of amides is 1. The van der Waals surface area contributed by atoms with Crippen LogP contribution in [0.25, 0.3) is 44.1 Å². The largest absolute Gasteiger partial charge is 0.497 e. The molecule has 4 aliphatic heterocycles. The number of aromatic amines is 1. The van der Waals surface area contributed by atoms with Crippen molar-refractivity contribution in [2.75, 3.05) is 70.5 Å². The normalized spacial score (nSPS) is 18.6. The molecule has 21 heteroatoms. The minimum atomic E-state index is -0.883. The lowest BCUT2D eigenvalue weighted by atomic mass is 9.97. The van der Waals surface area contributed by atoms with Gasteiger partial charge in [0.25, 0.3) is 11.1 Å². The molecule has 2 fully saturated rings. The van der Waals surface area contributed by atoms with Gasteiger partial charge in [0.05, 0.1) is 83.5 Å². The van der Waals surface area contributed by atoms with Gasteiger partial charge in [-0.25, -0.2) is 22.4 Å². The van der Waals surface area contributed by atoms with E-state index in [1.54, 1.807) is 69.2 Å². The van der Waals surface area contributed by atoms with Gasteiger partial charge in [-0.1, -0.05) is 47.5 Å². The Morgan fingerprint density at radius 1 is 0.718 bits per heavy atom. The molecule has 15 nitrogen and oxygen atoms in total. The van der Waals surface area contributed by atoms with Crippen molar-refractivity contribution in [3.63, 3.8) is 0 Å². The van der Waals surface area contributed by atoms with Crippen LogP contribution >= 0.6 is 23.2 Å². The molecule has 2 aromatic heterocycles. The first-order valence-corrected chi connectivity index (χ1v) is 26.0. The van der Waals surface area contributed by atoms with E-state index in [4.69, 9.17) is 51.6 Å². The van der Waals surface area contributed by atoms with Gasteiger partial charge in [0.1, 0.15) is 47.7 Å². The number of pyridine rings is 2. The Morgan fingerprint density at radius 2 is 1.29 bits per heavy atom. The summed E-state index contributed by atoms with van der Waals surface area (Å²) >= 11 is 13.3. The van der Waals surface area contributed by atoms with Crippen LogP contribution in [0, 0.1) is 23.3 Å². The maximum Gasteiger partial charge on any atom is 0.410 e. The molecule has 1 amide bonds. The second-order valence-corrected chi connectivity index (χ2v) is 21.4. The zero-order chi connectivity index (χ0) is 55.6. The number of rotatable bonds is 7. The first-order valence-electron chi connectivity index (χ1n) is 25.2. The van der Waals surface area contributed by atoms with E-state index in [1.807, 2.05) is 18.7 Å². The molecule has 4 atom stereocenters. The van der Waals surface area contributed by atoms with Crippen LogP contribution in [-0.2, 0) is 11.3 Å². The van der Waals surface area contributed by atoms with Crippen molar-refractivity contribution >= 4 is 62.5 Å². The lowest BCUT2D eigenvalue weighted by Gasteiger charge is -2.48. The number of hydrogen-bond acceptors (Lipinski definition) is 12. The summed E-state index contributed by atoms with van der Waals surface area (Å²) < 4.78 is 97.7. The maximum absolute atomic E-state index is 17.2. The molecule has 0 saturated carbocycles. The molecular weight excluding hydrogens is 1060 g/mol. The Labute approximate surface area is 456 Å². The molecule has 2 N–H and O–H groups in total. The van der Waals surface area contributed by atoms with E-state index in [0.29, 0.717) is 59.7 Å². The van der Waals surface area contributed by atoms with E-state index in [-0.39, 0.29) is 110 Å². The predicted octanol–water partition coefficient (Wildman–Crippen LogP) is 10.6. The Hall–Kier alpha value is -7.35. The Kier molecular flexibility index (Phi) is 14.6. The highest BCUT2D eigenvalue weighted by Crippen LogP contribution is 2.48. The highest BCUT2D eigenvalue weighted by Gasteiger charge is 2.43. The summed E-state index contributed by atoms with van der Waals surface area (Å²) in [6, 6.07) is 18.0. The van der Waals surface area contributed by atoms with Crippen LogP contribution in [-0.4, -0.2) is 111 Å². The number of nitrogens with zero attached hydrogens (tertiary/aromatic N) is 4. The number of fused-ring (bicyclic) bond motifs is 10. The summed E-state index contributed by atoms with van der Waals surface area (Å²) in [7, 11) is 4.27. The number of anilines is 2. The number of halogens is 6. The smallest absolute Gasteiger partial charge is 0.410 e. The summed E-state index contributed by atoms with van der Waals surface area (Å²) in [4.78, 5) is 48.4. The molecule has 11 rings (SSSR count). The topological polar surface area (TPSA) is 149 Å². The van der Waals surface area contributed by atoms with E-state index >= 15 is 13.2 Å². The van der Waals surface area contributed by atoms with Crippen molar-refractivity contribution in [3.05, 3.63) is 132 Å². The van der Waals surface area contributed by atoms with E-state index in [2.05, 4.69) is 15.2 Å². The number of H-pyrrole nitrogens is 1. The maximum atomic E-state index is 17.2. The van der Waals surface area contributed by atoms with Crippen LogP contribution < -0.4 is 49.9 Å². The molecule has 78 heavy (non-hydrogen) atoms. The average Bonchev–Trinajstić information content (AvgIpc) is 3.00. The van der Waals surface area contributed by atoms with Crippen LogP contribution in [0.2, 0.25) is 10.0 Å². The molecule has 0 unspecified atom stereocenters. The van der Waals surface area contributed by atoms with Gasteiger partial charge in [0.15, 0.2) is 11.6 Å². The lowest BCUT2D eigenvalue weighted by molar-refractivity contribution is 0.00991. The Balaban J connectivity index is 0.000000192. The van der Waals surface area contributed by atoms with Gasteiger partial charge in [0.2, 0.25) is 11.5 Å². The van der Waals surface area contributed by atoms with Gasteiger partial charge >= 0.3 is 6.09 Å². The quantitative estimate of drug-likeness (QED) is 0.146. The number of hydrogen-bond donors (Lipinski definition) is 2. The standard InChI is InChI=1S/C35H36ClF2N3O6.C22H20ClF2N3O3/c1-19-15-40-21(17-39(19)34(43)47-35(2,3)4)18-46-32-31(40)23-14-24(36)27(28-25(37)8-7-9-26(28)45-6)29(38)30(23)41(33(32)42)16-20-10-12-22(44-5)13-11-20;1-10-8-28-11(7-26-10)9-31-21-20(28)12-6-13(23)16(18(25)19(12)27-22(21)29)17-14(24)4-3-5-15(17)30-2/h7-14,19,21H,15-18H2,1-6H3;3-6,10-11,26H,7-9H2,1-2H3,(H,27,29)/t19-,21-;10-,11-/m11/s1. The number of carbonyl (C=O) groups is 1. The fourth-order valence-corrected chi connectivity index (χ4v) is 11.4. The molecule has 2 saturated heterocycles. The van der Waals surface area contributed by atoms with Crippen molar-refractivity contribution in [2.45, 2.75) is 70.9 Å². The summed E-state index contributed by atoms with van der Waals surface area (Å²) in [5, 5.41) is 4.05. The third-order valence-corrected chi connectivity index (χ3v) is 15.0. The second-order valence-electron chi connectivity index (χ2n) is 20.6.